The maximum Gasteiger partial charge on any atom is 0.211 e. The zero-order valence-corrected chi connectivity index (χ0v) is 16.2. The quantitative estimate of drug-likeness (QED) is 0.757. The lowest BCUT2D eigenvalue weighted by atomic mass is 9.98. The van der Waals surface area contributed by atoms with Crippen molar-refractivity contribution in [1.82, 2.24) is 9.71 Å². The molecule has 1 aliphatic heterocycles. The number of pyridine rings is 1. The highest BCUT2D eigenvalue weighted by molar-refractivity contribution is 7.89. The second-order valence-electron chi connectivity index (χ2n) is 6.57. The maximum atomic E-state index is 13.8. The van der Waals surface area contributed by atoms with E-state index in [0.29, 0.717) is 30.9 Å². The second kappa shape index (κ2) is 8.93. The number of hydrogen-bond acceptors (Lipinski definition) is 5. The van der Waals surface area contributed by atoms with Crippen LogP contribution in [0.2, 0.25) is 0 Å². The number of nitrogens with one attached hydrogen (secondary N) is 1. The van der Waals surface area contributed by atoms with E-state index in [0.717, 1.165) is 12.3 Å². The molecule has 1 fully saturated rings. The van der Waals surface area contributed by atoms with Crippen molar-refractivity contribution in [2.75, 3.05) is 25.6 Å². The zero-order valence-electron chi connectivity index (χ0n) is 15.4. The van der Waals surface area contributed by atoms with Gasteiger partial charge >= 0.3 is 0 Å². The minimum atomic E-state index is -3.31. The van der Waals surface area contributed by atoms with Crippen molar-refractivity contribution in [3.63, 3.8) is 0 Å². The second-order valence-corrected chi connectivity index (χ2v) is 8.61. The zero-order chi connectivity index (χ0) is 20.1. The number of halogens is 2. The Kier molecular flexibility index (Phi) is 6.58. The Balaban J connectivity index is 1.63. The van der Waals surface area contributed by atoms with Gasteiger partial charge in [0.05, 0.1) is 25.2 Å². The van der Waals surface area contributed by atoms with Crippen LogP contribution >= 0.6 is 0 Å². The molecule has 6 nitrogen and oxygen atoms in total. The topological polar surface area (TPSA) is 77.5 Å². The van der Waals surface area contributed by atoms with Crippen LogP contribution < -0.4 is 9.46 Å². The molecule has 1 saturated heterocycles. The number of sulfonamides is 1. The molecule has 3 rings (SSSR count). The first-order valence-corrected chi connectivity index (χ1v) is 10.6. The van der Waals surface area contributed by atoms with Gasteiger partial charge in [0.25, 0.3) is 0 Å². The van der Waals surface area contributed by atoms with Gasteiger partial charge in [0.1, 0.15) is 17.3 Å². The highest BCUT2D eigenvalue weighted by atomic mass is 32.2. The fraction of sp³-hybridized carbons (Fsp3) is 0.421. The molecule has 2 atom stereocenters. The predicted molar refractivity (Wildman–Crippen MR) is 100 cm³/mol. The van der Waals surface area contributed by atoms with E-state index in [9.17, 15) is 17.2 Å². The van der Waals surface area contributed by atoms with Crippen LogP contribution in [0.4, 0.5) is 8.78 Å². The monoisotopic (exact) mass is 412 g/mol. The van der Waals surface area contributed by atoms with Crippen molar-refractivity contribution in [3.05, 3.63) is 48.2 Å². The molecule has 0 aliphatic carbocycles. The molecule has 152 valence electrons. The molecule has 0 spiro atoms. The van der Waals surface area contributed by atoms with E-state index in [4.69, 9.17) is 9.47 Å². The fourth-order valence-electron chi connectivity index (χ4n) is 2.97. The molecule has 1 aromatic carbocycles. The van der Waals surface area contributed by atoms with Crippen LogP contribution in [0.3, 0.4) is 0 Å². The third-order valence-electron chi connectivity index (χ3n) is 4.58. The third kappa shape index (κ3) is 5.24. The van der Waals surface area contributed by atoms with Crippen LogP contribution in [0.25, 0.3) is 11.3 Å². The van der Waals surface area contributed by atoms with Gasteiger partial charge in [0.2, 0.25) is 10.0 Å². The summed E-state index contributed by atoms with van der Waals surface area (Å²) in [7, 11) is -3.31. The first-order valence-electron chi connectivity index (χ1n) is 9.00. The molecule has 0 amide bonds. The van der Waals surface area contributed by atoms with Crippen molar-refractivity contribution in [1.29, 1.82) is 0 Å². The van der Waals surface area contributed by atoms with E-state index < -0.39 is 21.7 Å². The molecule has 0 unspecified atom stereocenters. The van der Waals surface area contributed by atoms with E-state index in [2.05, 4.69) is 9.71 Å². The van der Waals surface area contributed by atoms with Gasteiger partial charge in [-0.1, -0.05) is 0 Å². The Morgan fingerprint density at radius 2 is 2.04 bits per heavy atom. The van der Waals surface area contributed by atoms with Crippen LogP contribution in [0.5, 0.6) is 5.75 Å². The summed E-state index contributed by atoms with van der Waals surface area (Å²) >= 11 is 0. The molecule has 1 aromatic heterocycles. The average molecular weight is 412 g/mol. The number of benzene rings is 1. The smallest absolute Gasteiger partial charge is 0.211 e. The van der Waals surface area contributed by atoms with Crippen LogP contribution in [0.1, 0.15) is 13.3 Å². The largest absolute Gasteiger partial charge is 0.493 e. The summed E-state index contributed by atoms with van der Waals surface area (Å²) in [5.41, 5.74) is 0.557. The fourth-order valence-corrected chi connectivity index (χ4v) is 3.91. The SMILES string of the molecule is CCS(=O)(=O)N[C@H]1CCOC[C@@H]1COc1ccc(-c2ncc(F)cc2F)cc1. The predicted octanol–water partition coefficient (Wildman–Crippen LogP) is 2.75. The van der Waals surface area contributed by atoms with E-state index in [1.165, 1.54) is 0 Å². The van der Waals surface area contributed by atoms with Crippen molar-refractivity contribution >= 4 is 10.0 Å². The molecule has 2 heterocycles. The summed E-state index contributed by atoms with van der Waals surface area (Å²) in [6.45, 7) is 2.77. The van der Waals surface area contributed by atoms with Gasteiger partial charge in [-0.25, -0.2) is 21.9 Å². The Morgan fingerprint density at radius 1 is 1.29 bits per heavy atom. The number of nitrogens with zero attached hydrogens (tertiary/aromatic N) is 1. The van der Waals surface area contributed by atoms with Gasteiger partial charge in [-0.3, -0.25) is 4.98 Å². The Hall–Kier alpha value is -2.10. The van der Waals surface area contributed by atoms with Gasteiger partial charge in [-0.15, -0.1) is 0 Å². The van der Waals surface area contributed by atoms with Crippen LogP contribution in [0, 0.1) is 17.6 Å². The lowest BCUT2D eigenvalue weighted by molar-refractivity contribution is 0.0186. The maximum absolute atomic E-state index is 13.8. The summed E-state index contributed by atoms with van der Waals surface area (Å²) in [5.74, 6) is -1.02. The lowest BCUT2D eigenvalue weighted by Gasteiger charge is -2.31. The molecule has 28 heavy (non-hydrogen) atoms. The first-order chi connectivity index (χ1) is 13.4. The van der Waals surface area contributed by atoms with Crippen LogP contribution in [-0.2, 0) is 14.8 Å². The lowest BCUT2D eigenvalue weighted by Crippen LogP contribution is -2.47. The van der Waals surface area contributed by atoms with Gasteiger partial charge in [-0.05, 0) is 37.6 Å². The number of ether oxygens (including phenoxy) is 2. The van der Waals surface area contributed by atoms with Crippen molar-refractivity contribution in [2.45, 2.75) is 19.4 Å². The molecule has 9 heteroatoms. The Bertz CT molecular complexity index is 907. The van der Waals surface area contributed by atoms with Crippen LogP contribution in [-0.4, -0.2) is 45.0 Å². The van der Waals surface area contributed by atoms with Crippen LogP contribution in [0.15, 0.2) is 36.5 Å². The Labute approximate surface area is 162 Å². The summed E-state index contributed by atoms with van der Waals surface area (Å²) in [4.78, 5) is 3.78. The van der Waals surface area contributed by atoms with Crippen molar-refractivity contribution < 1.29 is 26.7 Å². The summed E-state index contributed by atoms with van der Waals surface area (Å²) in [6.07, 6.45) is 1.55. The highest BCUT2D eigenvalue weighted by Crippen LogP contribution is 2.24. The molecule has 0 saturated carbocycles. The molecule has 1 aliphatic rings. The molecule has 1 N–H and O–H groups in total. The van der Waals surface area contributed by atoms with Crippen molar-refractivity contribution in [3.8, 4) is 17.0 Å². The molecule has 0 bridgehead atoms. The molecular weight excluding hydrogens is 390 g/mol. The highest BCUT2D eigenvalue weighted by Gasteiger charge is 2.29. The average Bonchev–Trinajstić information content (AvgIpc) is 2.68. The Morgan fingerprint density at radius 3 is 2.71 bits per heavy atom. The van der Waals surface area contributed by atoms with Crippen molar-refractivity contribution in [2.24, 2.45) is 5.92 Å². The standard InChI is InChI=1S/C19H22F2N2O4S/c1-2-28(24,25)23-18-7-8-26-11-14(18)12-27-16-5-3-13(4-6-16)19-17(21)9-15(20)10-22-19/h3-6,9-10,14,18,23H,2,7-8,11-12H2,1H3/t14-,18+/m1/s1. The normalized spacial score (nSPS) is 20.1. The van der Waals surface area contributed by atoms with Gasteiger partial charge in [-0.2, -0.15) is 0 Å². The minimum absolute atomic E-state index is 0.0212. The van der Waals surface area contributed by atoms with Gasteiger partial charge in [0, 0.05) is 30.2 Å². The van der Waals surface area contributed by atoms with E-state index in [-0.39, 0.29) is 30.0 Å². The van der Waals surface area contributed by atoms with Gasteiger partial charge < -0.3 is 9.47 Å². The minimum Gasteiger partial charge on any atom is -0.493 e. The summed E-state index contributed by atoms with van der Waals surface area (Å²) in [5, 5.41) is 0. The number of hydrogen-bond donors (Lipinski definition) is 1. The molecular formula is C19H22F2N2O4S. The summed E-state index contributed by atoms with van der Waals surface area (Å²) in [6, 6.07) is 7.13. The number of aromatic nitrogens is 1. The third-order valence-corrected chi connectivity index (χ3v) is 6.01. The van der Waals surface area contributed by atoms with E-state index in [1.807, 2.05) is 0 Å². The molecule has 0 radical (unpaired) electrons. The first kappa shape index (κ1) is 20.6. The summed E-state index contributed by atoms with van der Waals surface area (Å²) < 4.78 is 64.5. The van der Waals surface area contributed by atoms with E-state index >= 15 is 0 Å². The molecule has 2 aromatic rings. The number of rotatable bonds is 7. The van der Waals surface area contributed by atoms with E-state index in [1.54, 1.807) is 31.2 Å². The van der Waals surface area contributed by atoms with Gasteiger partial charge in [0.15, 0.2) is 5.82 Å².